The van der Waals surface area contributed by atoms with E-state index in [2.05, 4.69) is 0 Å². The molecule has 0 aliphatic heterocycles. The van der Waals surface area contributed by atoms with Crippen LogP contribution in [0, 0.1) is 23.7 Å². The van der Waals surface area contributed by atoms with E-state index in [4.69, 9.17) is 9.47 Å². The Bertz CT molecular complexity index is 587. The Labute approximate surface area is 131 Å². The molecule has 1 aromatic rings. The summed E-state index contributed by atoms with van der Waals surface area (Å²) in [5, 5.41) is 9.96. The van der Waals surface area contributed by atoms with Crippen molar-refractivity contribution in [1.82, 2.24) is 0 Å². The van der Waals surface area contributed by atoms with Gasteiger partial charge in [-0.2, -0.15) is 0 Å². The molecule has 0 heterocycles. The zero-order chi connectivity index (χ0) is 15.3. The summed E-state index contributed by atoms with van der Waals surface area (Å²) in [4.78, 5) is 0. The molecule has 5 rings (SSSR count). The first-order chi connectivity index (χ1) is 10.7. The SMILES string of the molecule is COC(=C1C2CC3CC(C2)CC1C3)c1cc(O)cc(OC)c1. The molecule has 0 unspecified atom stereocenters. The van der Waals surface area contributed by atoms with Gasteiger partial charge in [0, 0.05) is 11.6 Å². The van der Waals surface area contributed by atoms with Gasteiger partial charge in [0.1, 0.15) is 17.3 Å². The van der Waals surface area contributed by atoms with Gasteiger partial charge in [0.15, 0.2) is 0 Å². The molecule has 22 heavy (non-hydrogen) atoms. The number of hydrogen-bond donors (Lipinski definition) is 1. The highest BCUT2D eigenvalue weighted by atomic mass is 16.5. The van der Waals surface area contributed by atoms with Crippen LogP contribution in [-0.4, -0.2) is 19.3 Å². The summed E-state index contributed by atoms with van der Waals surface area (Å²) in [5.41, 5.74) is 2.45. The summed E-state index contributed by atoms with van der Waals surface area (Å²) in [6.45, 7) is 0. The number of allylic oxidation sites excluding steroid dienone is 1. The second kappa shape index (κ2) is 5.22. The quantitative estimate of drug-likeness (QED) is 0.850. The third-order valence-corrected chi connectivity index (χ3v) is 5.87. The van der Waals surface area contributed by atoms with Gasteiger partial charge in [0.05, 0.1) is 14.2 Å². The van der Waals surface area contributed by atoms with Crippen molar-refractivity contribution in [3.05, 3.63) is 29.3 Å². The van der Waals surface area contributed by atoms with Crippen LogP contribution >= 0.6 is 0 Å². The van der Waals surface area contributed by atoms with Crippen LogP contribution in [0.5, 0.6) is 11.5 Å². The highest BCUT2D eigenvalue weighted by Crippen LogP contribution is 2.58. The van der Waals surface area contributed by atoms with Crippen LogP contribution in [0.2, 0.25) is 0 Å². The van der Waals surface area contributed by atoms with Gasteiger partial charge >= 0.3 is 0 Å². The van der Waals surface area contributed by atoms with Crippen LogP contribution in [-0.2, 0) is 4.74 Å². The monoisotopic (exact) mass is 300 g/mol. The van der Waals surface area contributed by atoms with Gasteiger partial charge in [-0.05, 0) is 73.5 Å². The zero-order valence-electron chi connectivity index (χ0n) is 13.3. The van der Waals surface area contributed by atoms with Gasteiger partial charge in [-0.15, -0.1) is 0 Å². The minimum atomic E-state index is 0.230. The van der Waals surface area contributed by atoms with Gasteiger partial charge in [0.2, 0.25) is 0 Å². The van der Waals surface area contributed by atoms with Gasteiger partial charge in [-0.25, -0.2) is 0 Å². The van der Waals surface area contributed by atoms with E-state index < -0.39 is 0 Å². The van der Waals surface area contributed by atoms with Crippen LogP contribution in [0.15, 0.2) is 23.8 Å². The molecule has 0 amide bonds. The summed E-state index contributed by atoms with van der Waals surface area (Å²) in [6, 6.07) is 5.40. The van der Waals surface area contributed by atoms with Gasteiger partial charge in [-0.1, -0.05) is 0 Å². The van der Waals surface area contributed by atoms with E-state index in [-0.39, 0.29) is 5.75 Å². The zero-order valence-corrected chi connectivity index (χ0v) is 13.3. The van der Waals surface area contributed by atoms with E-state index in [1.54, 1.807) is 26.4 Å². The first-order valence-corrected chi connectivity index (χ1v) is 8.34. The molecule has 0 atom stereocenters. The molecule has 4 aliphatic carbocycles. The number of aromatic hydroxyl groups is 1. The van der Waals surface area contributed by atoms with Crippen LogP contribution in [0.1, 0.15) is 37.7 Å². The Morgan fingerprint density at radius 2 is 1.59 bits per heavy atom. The minimum Gasteiger partial charge on any atom is -0.508 e. The topological polar surface area (TPSA) is 38.7 Å². The molecule has 3 nitrogen and oxygen atoms in total. The van der Waals surface area contributed by atoms with Gasteiger partial charge < -0.3 is 14.6 Å². The van der Waals surface area contributed by atoms with Crippen LogP contribution in [0.3, 0.4) is 0 Å². The third-order valence-electron chi connectivity index (χ3n) is 5.87. The molecule has 0 saturated heterocycles. The Morgan fingerprint density at radius 3 is 2.14 bits per heavy atom. The highest BCUT2D eigenvalue weighted by Gasteiger charge is 2.46. The van der Waals surface area contributed by atoms with Crippen molar-refractivity contribution in [2.45, 2.75) is 32.1 Å². The lowest BCUT2D eigenvalue weighted by molar-refractivity contribution is 0.0675. The summed E-state index contributed by atoms with van der Waals surface area (Å²) in [7, 11) is 3.38. The Balaban J connectivity index is 1.79. The molecule has 4 bridgehead atoms. The Hall–Kier alpha value is -1.64. The fourth-order valence-corrected chi connectivity index (χ4v) is 5.30. The van der Waals surface area contributed by atoms with Crippen molar-refractivity contribution in [1.29, 1.82) is 0 Å². The second-order valence-corrected chi connectivity index (χ2v) is 7.21. The van der Waals surface area contributed by atoms with E-state index >= 15 is 0 Å². The molecule has 1 N–H and O–H groups in total. The van der Waals surface area contributed by atoms with Gasteiger partial charge in [0.25, 0.3) is 0 Å². The molecule has 4 saturated carbocycles. The van der Waals surface area contributed by atoms with Crippen molar-refractivity contribution < 1.29 is 14.6 Å². The average Bonchev–Trinajstić information content (AvgIpc) is 2.49. The molecular formula is C19H24O3. The summed E-state index contributed by atoms with van der Waals surface area (Å²) in [6.07, 6.45) is 6.75. The maximum atomic E-state index is 9.96. The first-order valence-electron chi connectivity index (χ1n) is 8.34. The standard InChI is InChI=1S/C19H24O3/c1-21-17-9-15(8-16(20)10-17)19(22-2)18-13-4-11-3-12(6-13)7-14(18)5-11/h8-14,20H,3-7H2,1-2H3. The smallest absolute Gasteiger partial charge is 0.126 e. The fraction of sp³-hybridized carbons (Fsp3) is 0.579. The molecule has 3 heteroatoms. The van der Waals surface area contributed by atoms with Crippen molar-refractivity contribution in [3.63, 3.8) is 0 Å². The normalized spacial score (nSPS) is 32.2. The Morgan fingerprint density at radius 1 is 0.955 bits per heavy atom. The van der Waals surface area contributed by atoms with E-state index in [0.29, 0.717) is 17.6 Å². The number of phenolic OH excluding ortho intramolecular Hbond substituents is 1. The maximum Gasteiger partial charge on any atom is 0.126 e. The van der Waals surface area contributed by atoms with Crippen LogP contribution < -0.4 is 4.74 Å². The summed E-state index contributed by atoms with van der Waals surface area (Å²) >= 11 is 0. The molecule has 4 fully saturated rings. The van der Waals surface area contributed by atoms with Crippen molar-refractivity contribution in [2.24, 2.45) is 23.7 Å². The summed E-state index contributed by atoms with van der Waals surface area (Å²) < 4.78 is 11.1. The highest BCUT2D eigenvalue weighted by molar-refractivity contribution is 5.67. The van der Waals surface area contributed by atoms with E-state index in [1.807, 2.05) is 6.07 Å². The minimum absolute atomic E-state index is 0.230. The predicted molar refractivity (Wildman–Crippen MR) is 85.6 cm³/mol. The fourth-order valence-electron chi connectivity index (χ4n) is 5.30. The van der Waals surface area contributed by atoms with Crippen LogP contribution in [0.4, 0.5) is 0 Å². The number of ether oxygens (including phenoxy) is 2. The largest absolute Gasteiger partial charge is 0.508 e. The lowest BCUT2D eigenvalue weighted by atomic mass is 9.54. The molecule has 0 spiro atoms. The van der Waals surface area contributed by atoms with Crippen molar-refractivity contribution in [2.75, 3.05) is 14.2 Å². The number of rotatable bonds is 3. The second-order valence-electron chi connectivity index (χ2n) is 7.21. The molecule has 118 valence electrons. The Kier molecular flexibility index (Phi) is 3.32. The molecular weight excluding hydrogens is 276 g/mol. The maximum absolute atomic E-state index is 9.96. The van der Waals surface area contributed by atoms with Gasteiger partial charge in [-0.3, -0.25) is 0 Å². The van der Waals surface area contributed by atoms with Crippen molar-refractivity contribution in [3.8, 4) is 11.5 Å². The van der Waals surface area contributed by atoms with Crippen molar-refractivity contribution >= 4 is 5.76 Å². The third kappa shape index (κ3) is 2.18. The van der Waals surface area contributed by atoms with E-state index in [0.717, 1.165) is 23.2 Å². The number of benzene rings is 1. The number of methoxy groups -OCH3 is 2. The van der Waals surface area contributed by atoms with Crippen LogP contribution in [0.25, 0.3) is 5.76 Å². The van der Waals surface area contributed by atoms with E-state index in [9.17, 15) is 5.11 Å². The average molecular weight is 300 g/mol. The number of phenols is 1. The lowest BCUT2D eigenvalue weighted by Gasteiger charge is -2.51. The lowest BCUT2D eigenvalue weighted by Crippen LogP contribution is -2.40. The predicted octanol–water partition coefficient (Wildman–Crippen LogP) is 4.21. The first kappa shape index (κ1) is 14.0. The molecule has 4 aliphatic rings. The molecule has 0 radical (unpaired) electrons. The van der Waals surface area contributed by atoms with E-state index in [1.165, 1.54) is 37.7 Å². The molecule has 0 aromatic heterocycles. The summed E-state index contributed by atoms with van der Waals surface area (Å²) in [5.74, 6) is 5.11. The number of hydrogen-bond acceptors (Lipinski definition) is 3. The molecule has 1 aromatic carbocycles.